The van der Waals surface area contributed by atoms with E-state index in [0.29, 0.717) is 30.7 Å². The van der Waals surface area contributed by atoms with Gasteiger partial charge in [0.2, 0.25) is 5.91 Å². The molecule has 0 atom stereocenters. The first kappa shape index (κ1) is 21.6. The van der Waals surface area contributed by atoms with Crippen LogP contribution in [-0.2, 0) is 16.0 Å². The van der Waals surface area contributed by atoms with Crippen LogP contribution in [0.25, 0.3) is 0 Å². The number of carbonyl (C=O) groups is 2. The zero-order valence-corrected chi connectivity index (χ0v) is 16.9. The average molecular weight is 399 g/mol. The fourth-order valence-corrected chi connectivity index (χ4v) is 2.78. The molecular weight excluding hydrogens is 372 g/mol. The molecule has 0 aliphatic carbocycles. The van der Waals surface area contributed by atoms with E-state index in [1.54, 1.807) is 24.3 Å². The third-order valence-corrected chi connectivity index (χ3v) is 4.30. The zero-order chi connectivity index (χ0) is 20.2. The molecule has 0 saturated carbocycles. The molecule has 28 heavy (non-hydrogen) atoms. The maximum Gasteiger partial charge on any atom is 0.338 e. The standard InChI is InChI=1S/C22H26N2O3S/c1-2-3-7-16-27-21(26)18-11-13-19(14-12-18)23-22(28)24-20(25)15-10-17-8-5-4-6-9-17/h4-6,8-9,11-14H,2-3,7,10,15-16H2,1H3,(H2,23,24,25,28). The number of unbranched alkanes of at least 4 members (excludes halogenated alkanes) is 2. The third-order valence-electron chi connectivity index (χ3n) is 4.10. The Hall–Kier alpha value is -2.73. The summed E-state index contributed by atoms with van der Waals surface area (Å²) < 4.78 is 5.22. The monoisotopic (exact) mass is 398 g/mol. The summed E-state index contributed by atoms with van der Waals surface area (Å²) in [4.78, 5) is 24.0. The second-order valence-electron chi connectivity index (χ2n) is 6.41. The van der Waals surface area contributed by atoms with Gasteiger partial charge in [0.25, 0.3) is 0 Å². The first-order valence-corrected chi connectivity index (χ1v) is 9.91. The van der Waals surface area contributed by atoms with Crippen LogP contribution in [0.1, 0.15) is 48.5 Å². The molecule has 0 saturated heterocycles. The Morgan fingerprint density at radius 1 is 1.00 bits per heavy atom. The summed E-state index contributed by atoms with van der Waals surface area (Å²) in [5.41, 5.74) is 2.28. The SMILES string of the molecule is CCCCCOC(=O)c1ccc(NC(=S)NC(=O)CCc2ccccc2)cc1. The molecule has 148 valence electrons. The number of hydrogen-bond acceptors (Lipinski definition) is 4. The van der Waals surface area contributed by atoms with Crippen LogP contribution < -0.4 is 10.6 Å². The van der Waals surface area contributed by atoms with Gasteiger partial charge >= 0.3 is 5.97 Å². The lowest BCUT2D eigenvalue weighted by atomic mass is 10.1. The van der Waals surface area contributed by atoms with Crippen molar-refractivity contribution in [3.63, 3.8) is 0 Å². The molecule has 0 heterocycles. The number of ether oxygens (including phenoxy) is 1. The smallest absolute Gasteiger partial charge is 0.338 e. The molecule has 0 bridgehead atoms. The maximum absolute atomic E-state index is 12.0. The number of nitrogens with one attached hydrogen (secondary N) is 2. The molecule has 2 aromatic rings. The van der Waals surface area contributed by atoms with Gasteiger partial charge in [0.1, 0.15) is 0 Å². The molecule has 0 unspecified atom stereocenters. The van der Waals surface area contributed by atoms with Gasteiger partial charge in [-0.15, -0.1) is 0 Å². The fourth-order valence-electron chi connectivity index (χ4n) is 2.54. The van der Waals surface area contributed by atoms with Crippen LogP contribution in [-0.4, -0.2) is 23.6 Å². The number of amides is 1. The Bertz CT molecular complexity index is 776. The molecular formula is C22H26N2O3S. The Morgan fingerprint density at radius 3 is 2.39 bits per heavy atom. The Kier molecular flexibility index (Phi) is 9.15. The minimum Gasteiger partial charge on any atom is -0.462 e. The van der Waals surface area contributed by atoms with E-state index in [1.807, 2.05) is 30.3 Å². The van der Waals surface area contributed by atoms with Crippen LogP contribution in [0.5, 0.6) is 0 Å². The highest BCUT2D eigenvalue weighted by molar-refractivity contribution is 7.80. The normalized spacial score (nSPS) is 10.2. The van der Waals surface area contributed by atoms with E-state index in [9.17, 15) is 9.59 Å². The van der Waals surface area contributed by atoms with Gasteiger partial charge in [-0.3, -0.25) is 4.79 Å². The number of anilines is 1. The molecule has 0 radical (unpaired) electrons. The Balaban J connectivity index is 1.74. The van der Waals surface area contributed by atoms with E-state index in [0.717, 1.165) is 24.8 Å². The van der Waals surface area contributed by atoms with E-state index in [-0.39, 0.29) is 17.0 Å². The number of rotatable bonds is 9. The predicted octanol–water partition coefficient (Wildman–Crippen LogP) is 4.48. The van der Waals surface area contributed by atoms with Crippen molar-refractivity contribution in [3.8, 4) is 0 Å². The molecule has 0 aliphatic rings. The summed E-state index contributed by atoms with van der Waals surface area (Å²) in [6.07, 6.45) is 4.02. The summed E-state index contributed by atoms with van der Waals surface area (Å²) in [7, 11) is 0. The van der Waals surface area contributed by atoms with Crippen LogP contribution >= 0.6 is 12.2 Å². The highest BCUT2D eigenvalue weighted by Crippen LogP contribution is 2.11. The molecule has 6 heteroatoms. The lowest BCUT2D eigenvalue weighted by Crippen LogP contribution is -2.34. The zero-order valence-electron chi connectivity index (χ0n) is 16.1. The van der Waals surface area contributed by atoms with Crippen molar-refractivity contribution >= 4 is 34.9 Å². The van der Waals surface area contributed by atoms with E-state index >= 15 is 0 Å². The second-order valence-corrected chi connectivity index (χ2v) is 6.82. The van der Waals surface area contributed by atoms with E-state index < -0.39 is 0 Å². The van der Waals surface area contributed by atoms with Crippen molar-refractivity contribution in [1.82, 2.24) is 5.32 Å². The highest BCUT2D eigenvalue weighted by atomic mass is 32.1. The summed E-state index contributed by atoms with van der Waals surface area (Å²) >= 11 is 5.18. The third kappa shape index (κ3) is 7.88. The minimum atomic E-state index is -0.334. The molecule has 2 N–H and O–H groups in total. The topological polar surface area (TPSA) is 67.4 Å². The van der Waals surface area contributed by atoms with Gasteiger partial charge in [0.15, 0.2) is 5.11 Å². The summed E-state index contributed by atoms with van der Waals surface area (Å²) in [6, 6.07) is 16.6. The van der Waals surface area contributed by atoms with Crippen LogP contribution in [0.15, 0.2) is 54.6 Å². The second kappa shape index (κ2) is 11.9. The van der Waals surface area contributed by atoms with Crippen LogP contribution in [0.4, 0.5) is 5.69 Å². The molecule has 0 aromatic heterocycles. The van der Waals surface area contributed by atoms with Gasteiger partial charge in [-0.2, -0.15) is 0 Å². The summed E-state index contributed by atoms with van der Waals surface area (Å²) in [6.45, 7) is 2.54. The van der Waals surface area contributed by atoms with Gasteiger partial charge < -0.3 is 15.4 Å². The van der Waals surface area contributed by atoms with Crippen molar-refractivity contribution in [3.05, 3.63) is 65.7 Å². The predicted molar refractivity (Wildman–Crippen MR) is 115 cm³/mol. The molecule has 0 spiro atoms. The average Bonchev–Trinajstić information content (AvgIpc) is 2.71. The van der Waals surface area contributed by atoms with Crippen molar-refractivity contribution in [1.29, 1.82) is 0 Å². The van der Waals surface area contributed by atoms with Gasteiger partial charge in [-0.1, -0.05) is 50.1 Å². The number of aryl methyl sites for hydroxylation is 1. The van der Waals surface area contributed by atoms with Crippen molar-refractivity contribution in [2.45, 2.75) is 39.0 Å². The molecule has 2 aromatic carbocycles. The fraction of sp³-hybridized carbons (Fsp3) is 0.318. The minimum absolute atomic E-state index is 0.145. The molecule has 0 fully saturated rings. The van der Waals surface area contributed by atoms with Gasteiger partial charge in [0.05, 0.1) is 12.2 Å². The van der Waals surface area contributed by atoms with Gasteiger partial charge in [0, 0.05) is 12.1 Å². The summed E-state index contributed by atoms with van der Waals surface area (Å²) in [5, 5.41) is 5.84. The van der Waals surface area contributed by atoms with Crippen molar-refractivity contribution < 1.29 is 14.3 Å². The van der Waals surface area contributed by atoms with Crippen LogP contribution in [0.3, 0.4) is 0 Å². The quantitative estimate of drug-likeness (QED) is 0.370. The molecule has 0 aliphatic heterocycles. The van der Waals surface area contributed by atoms with E-state index in [2.05, 4.69) is 17.6 Å². The largest absolute Gasteiger partial charge is 0.462 e. The van der Waals surface area contributed by atoms with Crippen molar-refractivity contribution in [2.24, 2.45) is 0 Å². The van der Waals surface area contributed by atoms with Crippen molar-refractivity contribution in [2.75, 3.05) is 11.9 Å². The number of esters is 1. The van der Waals surface area contributed by atoms with Gasteiger partial charge in [-0.05, 0) is 54.9 Å². The van der Waals surface area contributed by atoms with E-state index in [1.165, 1.54) is 0 Å². The van der Waals surface area contributed by atoms with Crippen LogP contribution in [0, 0.1) is 0 Å². The Labute approximate surface area is 171 Å². The first-order valence-electron chi connectivity index (χ1n) is 9.50. The molecule has 2 rings (SSSR count). The number of carbonyl (C=O) groups excluding carboxylic acids is 2. The first-order chi connectivity index (χ1) is 13.6. The molecule has 5 nitrogen and oxygen atoms in total. The lowest BCUT2D eigenvalue weighted by Gasteiger charge is -2.10. The number of hydrogen-bond donors (Lipinski definition) is 2. The molecule has 1 amide bonds. The van der Waals surface area contributed by atoms with Gasteiger partial charge in [-0.25, -0.2) is 4.79 Å². The number of benzene rings is 2. The Morgan fingerprint density at radius 2 is 1.71 bits per heavy atom. The lowest BCUT2D eigenvalue weighted by molar-refractivity contribution is -0.119. The number of thiocarbonyl (C=S) groups is 1. The summed E-state index contributed by atoms with van der Waals surface area (Å²) in [5.74, 6) is -0.479. The highest BCUT2D eigenvalue weighted by Gasteiger charge is 2.08. The van der Waals surface area contributed by atoms with E-state index in [4.69, 9.17) is 17.0 Å². The maximum atomic E-state index is 12.0. The van der Waals surface area contributed by atoms with Crippen LogP contribution in [0.2, 0.25) is 0 Å².